The van der Waals surface area contributed by atoms with Crippen molar-refractivity contribution < 1.29 is 19.8 Å². The molecular weight excluding hydrogens is 645 g/mol. The minimum atomic E-state index is -0.259. The Morgan fingerprint density at radius 3 is 1.94 bits per heavy atom. The van der Waals surface area contributed by atoms with Gasteiger partial charge in [0.05, 0.1) is 12.2 Å². The summed E-state index contributed by atoms with van der Waals surface area (Å²) in [4.78, 5) is 25.1. The van der Waals surface area contributed by atoms with Crippen molar-refractivity contribution in [2.24, 2.45) is 52.3 Å². The van der Waals surface area contributed by atoms with E-state index in [0.29, 0.717) is 67.4 Å². The van der Waals surface area contributed by atoms with Crippen LogP contribution in [0.3, 0.4) is 0 Å². The van der Waals surface area contributed by atoms with E-state index in [1.807, 2.05) is 0 Å². The lowest BCUT2D eigenvalue weighted by molar-refractivity contribution is -0.203. The molecule has 4 fully saturated rings. The normalized spacial score (nSPS) is 34.8. The fraction of sp³-hybridized carbons (Fsp3) is 0.913. The number of rotatable bonds is 23. The number of allylic oxidation sites excluding steroid dienone is 2. The first-order valence-corrected chi connectivity index (χ1v) is 22.6. The number of amides is 2. The van der Waals surface area contributed by atoms with Crippen LogP contribution < -0.4 is 10.6 Å². The van der Waals surface area contributed by atoms with Crippen molar-refractivity contribution >= 4 is 11.8 Å². The molecule has 0 bridgehead atoms. The van der Waals surface area contributed by atoms with E-state index >= 15 is 0 Å². The molecule has 6 heteroatoms. The second-order valence-electron chi connectivity index (χ2n) is 18.7. The van der Waals surface area contributed by atoms with Crippen LogP contribution in [0.2, 0.25) is 0 Å². The number of nitrogens with one attached hydrogen (secondary N) is 2. The zero-order valence-corrected chi connectivity index (χ0v) is 34.4. The van der Waals surface area contributed by atoms with Gasteiger partial charge in [-0.2, -0.15) is 0 Å². The lowest BCUT2D eigenvalue weighted by atomic mass is 9.41. The van der Waals surface area contributed by atoms with Crippen LogP contribution in [0.25, 0.3) is 0 Å². The van der Waals surface area contributed by atoms with Gasteiger partial charge in [-0.05, 0) is 136 Å². The minimum Gasteiger partial charge on any atom is -0.393 e. The van der Waals surface area contributed by atoms with E-state index in [1.54, 1.807) is 0 Å². The van der Waals surface area contributed by atoms with Crippen molar-refractivity contribution in [1.29, 1.82) is 0 Å². The molecule has 0 aromatic heterocycles. The number of unbranched alkanes of at least 4 members (excludes halogenated alkanes) is 11. The van der Waals surface area contributed by atoms with E-state index in [1.165, 1.54) is 96.3 Å². The predicted molar refractivity (Wildman–Crippen MR) is 216 cm³/mol. The van der Waals surface area contributed by atoms with Crippen molar-refractivity contribution in [3.05, 3.63) is 12.2 Å². The fourth-order valence-electron chi connectivity index (χ4n) is 12.4. The molecule has 2 amide bonds. The Kier molecular flexibility index (Phi) is 18.0. The predicted octanol–water partition coefficient (Wildman–Crippen LogP) is 10.3. The lowest BCUT2D eigenvalue weighted by Crippen LogP contribution is -2.62. The standard InChI is InChI=1S/C46H82N2O4/c1-6-8-9-10-11-12-13-14-15-16-17-18-19-20-21-22-41(50)47-31-32-48-42(51)26-23-34(3)37-24-25-38-43-39(28-30-45(37,38)4)46(5)29-27-35(49)33-40(46)36(7-2)44(43)52/h14-15,34-40,43-44,49,52H,6-13,16-33H2,1-5H3,(H,47,50)(H,48,51). The number of hydrogen-bond donors (Lipinski definition) is 4. The average molecular weight is 727 g/mol. The van der Waals surface area contributed by atoms with Gasteiger partial charge in [0.25, 0.3) is 0 Å². The first-order valence-electron chi connectivity index (χ1n) is 22.6. The van der Waals surface area contributed by atoms with Crippen molar-refractivity contribution in [2.45, 2.75) is 201 Å². The molecule has 6 nitrogen and oxygen atoms in total. The average Bonchev–Trinajstić information content (AvgIpc) is 3.48. The SMILES string of the molecule is CCCCCCCCC=CCCCCCCCC(=O)NCCNC(=O)CCC(C)C1CCC2C3C(O)C(CC)C4CC(O)CCC4(C)C3CCC12C. The summed E-state index contributed by atoms with van der Waals surface area (Å²) in [5, 5.41) is 28.6. The zero-order valence-electron chi connectivity index (χ0n) is 34.4. The quantitative estimate of drug-likeness (QED) is 0.0622. The molecule has 4 saturated carbocycles. The molecule has 0 radical (unpaired) electrons. The number of carbonyl (C=O) groups is 2. The Bertz CT molecular complexity index is 1090. The molecule has 4 aliphatic rings. The topological polar surface area (TPSA) is 98.7 Å². The summed E-state index contributed by atoms with van der Waals surface area (Å²) in [6.45, 7) is 12.9. The number of aliphatic hydroxyl groups is 2. The van der Waals surface area contributed by atoms with Gasteiger partial charge in [-0.3, -0.25) is 9.59 Å². The summed E-state index contributed by atoms with van der Waals surface area (Å²) in [6.07, 6.45) is 31.3. The monoisotopic (exact) mass is 727 g/mol. The van der Waals surface area contributed by atoms with Gasteiger partial charge in [0.15, 0.2) is 0 Å². The summed E-state index contributed by atoms with van der Waals surface area (Å²) in [5.74, 6) is 3.45. The third kappa shape index (κ3) is 11.3. The molecule has 4 N–H and O–H groups in total. The summed E-state index contributed by atoms with van der Waals surface area (Å²) < 4.78 is 0. The molecule has 0 heterocycles. The second-order valence-corrected chi connectivity index (χ2v) is 18.7. The molecule has 11 unspecified atom stereocenters. The van der Waals surface area contributed by atoms with E-state index in [4.69, 9.17) is 0 Å². The maximum atomic E-state index is 12.8. The number of hydrogen-bond acceptors (Lipinski definition) is 4. The summed E-state index contributed by atoms with van der Waals surface area (Å²) >= 11 is 0. The third-order valence-corrected chi connectivity index (χ3v) is 15.4. The highest BCUT2D eigenvalue weighted by Gasteiger charge is 2.64. The van der Waals surface area contributed by atoms with E-state index in [9.17, 15) is 19.8 Å². The van der Waals surface area contributed by atoms with E-state index < -0.39 is 0 Å². The Morgan fingerprint density at radius 2 is 1.29 bits per heavy atom. The molecule has 11 atom stereocenters. The zero-order chi connectivity index (χ0) is 37.6. The van der Waals surface area contributed by atoms with Crippen LogP contribution in [-0.4, -0.2) is 47.3 Å². The molecule has 52 heavy (non-hydrogen) atoms. The van der Waals surface area contributed by atoms with Gasteiger partial charge in [0.2, 0.25) is 11.8 Å². The molecule has 0 saturated heterocycles. The lowest BCUT2D eigenvalue weighted by Gasteiger charge is -2.64. The van der Waals surface area contributed by atoms with Crippen LogP contribution in [0.5, 0.6) is 0 Å². The molecule has 4 rings (SSSR count). The number of carbonyl (C=O) groups excluding carboxylic acids is 2. The number of fused-ring (bicyclic) bond motifs is 5. The molecule has 4 aliphatic carbocycles. The summed E-state index contributed by atoms with van der Waals surface area (Å²) in [5.41, 5.74) is 0.457. The fourth-order valence-corrected chi connectivity index (χ4v) is 12.4. The molecule has 0 spiro atoms. The van der Waals surface area contributed by atoms with E-state index in [2.05, 4.69) is 57.4 Å². The summed E-state index contributed by atoms with van der Waals surface area (Å²) in [6, 6.07) is 0. The number of aliphatic hydroxyl groups excluding tert-OH is 2. The highest BCUT2D eigenvalue weighted by Crippen LogP contribution is 2.69. The highest BCUT2D eigenvalue weighted by molar-refractivity contribution is 5.77. The highest BCUT2D eigenvalue weighted by atomic mass is 16.3. The van der Waals surface area contributed by atoms with Gasteiger partial charge in [-0.1, -0.05) is 105 Å². The Balaban J connectivity index is 1.06. The van der Waals surface area contributed by atoms with Gasteiger partial charge in [-0.15, -0.1) is 0 Å². The van der Waals surface area contributed by atoms with Crippen LogP contribution in [-0.2, 0) is 9.59 Å². The Morgan fingerprint density at radius 1 is 0.712 bits per heavy atom. The van der Waals surface area contributed by atoms with Crippen molar-refractivity contribution in [3.8, 4) is 0 Å². The Labute approximate surface area is 319 Å². The van der Waals surface area contributed by atoms with Gasteiger partial charge < -0.3 is 20.8 Å². The molecule has 0 aromatic carbocycles. The van der Waals surface area contributed by atoms with Crippen LogP contribution in [0, 0.1) is 52.3 Å². The van der Waals surface area contributed by atoms with E-state index in [-0.39, 0.29) is 34.9 Å². The minimum absolute atomic E-state index is 0.0914. The van der Waals surface area contributed by atoms with Gasteiger partial charge >= 0.3 is 0 Å². The molecular formula is C46H82N2O4. The van der Waals surface area contributed by atoms with Crippen molar-refractivity contribution in [1.82, 2.24) is 10.6 Å². The smallest absolute Gasteiger partial charge is 0.220 e. The maximum Gasteiger partial charge on any atom is 0.220 e. The van der Waals surface area contributed by atoms with Crippen molar-refractivity contribution in [3.63, 3.8) is 0 Å². The van der Waals surface area contributed by atoms with Gasteiger partial charge in [-0.25, -0.2) is 0 Å². The third-order valence-electron chi connectivity index (χ3n) is 15.4. The molecule has 300 valence electrons. The summed E-state index contributed by atoms with van der Waals surface area (Å²) in [7, 11) is 0. The first kappa shape index (κ1) is 43.3. The maximum absolute atomic E-state index is 12.8. The van der Waals surface area contributed by atoms with E-state index in [0.717, 1.165) is 44.9 Å². The van der Waals surface area contributed by atoms with Gasteiger partial charge in [0, 0.05) is 25.9 Å². The molecule has 0 aromatic rings. The van der Waals surface area contributed by atoms with Gasteiger partial charge in [0.1, 0.15) is 0 Å². The van der Waals surface area contributed by atoms with Crippen LogP contribution in [0.4, 0.5) is 0 Å². The molecule has 0 aliphatic heterocycles. The first-order chi connectivity index (χ1) is 25.1. The Hall–Kier alpha value is -1.40. The van der Waals surface area contributed by atoms with Crippen LogP contribution in [0.15, 0.2) is 12.2 Å². The van der Waals surface area contributed by atoms with Crippen LogP contribution >= 0.6 is 0 Å². The largest absolute Gasteiger partial charge is 0.393 e. The van der Waals surface area contributed by atoms with Crippen molar-refractivity contribution in [2.75, 3.05) is 13.1 Å². The second kappa shape index (κ2) is 21.6. The van der Waals surface area contributed by atoms with Crippen LogP contribution in [0.1, 0.15) is 189 Å².